The van der Waals surface area contributed by atoms with E-state index >= 15 is 0 Å². The third-order valence-corrected chi connectivity index (χ3v) is 3.71. The van der Waals surface area contributed by atoms with Crippen LogP contribution in [-0.4, -0.2) is 38.8 Å². The first-order valence-electron chi connectivity index (χ1n) is 8.26. The lowest BCUT2D eigenvalue weighted by molar-refractivity contribution is -0.865. The fraction of sp³-hybridized carbons (Fsp3) is 0.526. The van der Waals surface area contributed by atoms with Crippen molar-refractivity contribution in [1.29, 1.82) is 5.26 Å². The third-order valence-electron chi connectivity index (χ3n) is 3.71. The Morgan fingerprint density at radius 2 is 1.96 bits per heavy atom. The zero-order valence-corrected chi connectivity index (χ0v) is 15.4. The molecule has 1 amide bonds. The van der Waals surface area contributed by atoms with Gasteiger partial charge in [-0.25, -0.2) is 0 Å². The number of quaternary nitrogens is 1. The summed E-state index contributed by atoms with van der Waals surface area (Å²) in [6, 6.07) is 11.7. The maximum atomic E-state index is 12.3. The average molecular weight is 329 g/mol. The normalized spacial score (nSPS) is 13.5. The Bertz CT molecular complexity index is 600. The maximum absolute atomic E-state index is 12.3. The first-order valence-corrected chi connectivity index (χ1v) is 8.26. The van der Waals surface area contributed by atoms with E-state index in [1.54, 1.807) is 6.92 Å². The number of aliphatic imine (C=N–C) groups is 1. The van der Waals surface area contributed by atoms with Gasteiger partial charge in [-0.3, -0.25) is 9.79 Å². The van der Waals surface area contributed by atoms with E-state index in [-0.39, 0.29) is 11.3 Å². The number of rotatable bonds is 8. The smallest absolute Gasteiger partial charge is 0.243 e. The number of nitrogens with one attached hydrogen (secondary N) is 2. The summed E-state index contributed by atoms with van der Waals surface area (Å²) in [5.74, 6) is -1.13. The van der Waals surface area contributed by atoms with Gasteiger partial charge in [-0.1, -0.05) is 44.2 Å². The molecule has 0 aliphatic carbocycles. The van der Waals surface area contributed by atoms with Gasteiger partial charge in [-0.05, 0) is 12.5 Å². The second-order valence-electron chi connectivity index (χ2n) is 7.27. The predicted octanol–water partition coefficient (Wildman–Crippen LogP) is 1.07. The van der Waals surface area contributed by atoms with E-state index in [0.29, 0.717) is 18.8 Å². The van der Waals surface area contributed by atoms with Gasteiger partial charge in [0.2, 0.25) is 5.91 Å². The molecular formula is C19H29N4O+. The summed E-state index contributed by atoms with van der Waals surface area (Å²) in [7, 11) is 4.21. The Hall–Kier alpha value is -2.19. The molecule has 0 aliphatic rings. The number of carbonyl (C=O) groups excluding carboxylic acids is 1. The van der Waals surface area contributed by atoms with Crippen LogP contribution in [-0.2, 0) is 11.3 Å². The zero-order chi connectivity index (χ0) is 18.2. The van der Waals surface area contributed by atoms with Crippen LogP contribution >= 0.6 is 0 Å². The molecule has 0 heterocycles. The molecule has 0 radical (unpaired) electrons. The average Bonchev–Trinajstić information content (AvgIpc) is 2.51. The Balaban J connectivity index is 2.65. The van der Waals surface area contributed by atoms with Crippen molar-refractivity contribution < 1.29 is 9.69 Å². The van der Waals surface area contributed by atoms with E-state index in [1.165, 1.54) is 4.90 Å². The van der Waals surface area contributed by atoms with Crippen molar-refractivity contribution in [3.63, 3.8) is 0 Å². The highest BCUT2D eigenvalue weighted by molar-refractivity contribution is 6.05. The van der Waals surface area contributed by atoms with Crippen molar-refractivity contribution in [3.05, 3.63) is 35.9 Å². The Kier molecular flexibility index (Phi) is 7.60. The molecule has 5 heteroatoms. The summed E-state index contributed by atoms with van der Waals surface area (Å²) >= 11 is 0. The predicted molar refractivity (Wildman–Crippen MR) is 96.8 cm³/mol. The molecule has 0 saturated carbocycles. The minimum atomic E-state index is -0.837. The van der Waals surface area contributed by atoms with Crippen LogP contribution in [0.3, 0.4) is 0 Å². The molecule has 0 bridgehead atoms. The summed E-state index contributed by atoms with van der Waals surface area (Å²) in [4.78, 5) is 18.1. The molecule has 0 saturated heterocycles. The maximum Gasteiger partial charge on any atom is 0.243 e. The Morgan fingerprint density at radius 3 is 2.50 bits per heavy atom. The molecular weight excluding hydrogens is 300 g/mol. The molecule has 1 aromatic carbocycles. The van der Waals surface area contributed by atoms with Gasteiger partial charge >= 0.3 is 0 Å². The van der Waals surface area contributed by atoms with E-state index < -0.39 is 5.92 Å². The van der Waals surface area contributed by atoms with Crippen LogP contribution in [0.15, 0.2) is 35.3 Å². The summed E-state index contributed by atoms with van der Waals surface area (Å²) in [6.07, 6.45) is 0. The first-order chi connectivity index (χ1) is 11.2. The second kappa shape index (κ2) is 9.19. The van der Waals surface area contributed by atoms with Gasteiger partial charge in [-0.15, -0.1) is 0 Å². The van der Waals surface area contributed by atoms with Gasteiger partial charge in [0.1, 0.15) is 0 Å². The van der Waals surface area contributed by atoms with Gasteiger partial charge in [0, 0.05) is 24.2 Å². The monoisotopic (exact) mass is 329 g/mol. The van der Waals surface area contributed by atoms with Crippen molar-refractivity contribution >= 4 is 11.6 Å². The standard InChI is InChI=1S/C19H28N4O/c1-15(22-13-19(2,3)14-23(4)5)17(11-20)18(24)21-12-16-9-7-6-8-10-16/h6-10,17H,12-14H2,1-5H3,(H,21,24)/p+1. The molecule has 1 unspecified atom stereocenters. The summed E-state index contributed by atoms with van der Waals surface area (Å²) in [6.45, 7) is 8.05. The molecule has 1 rings (SSSR count). The lowest BCUT2D eigenvalue weighted by Gasteiger charge is -2.24. The van der Waals surface area contributed by atoms with Crippen LogP contribution in [0, 0.1) is 22.7 Å². The van der Waals surface area contributed by atoms with Crippen LogP contribution in [0.2, 0.25) is 0 Å². The highest BCUT2D eigenvalue weighted by Crippen LogP contribution is 2.13. The highest BCUT2D eigenvalue weighted by Gasteiger charge is 2.24. The van der Waals surface area contributed by atoms with Crippen molar-refractivity contribution in [1.82, 2.24) is 5.32 Å². The fourth-order valence-corrected chi connectivity index (χ4v) is 2.67. The minimum Gasteiger partial charge on any atom is -0.351 e. The van der Waals surface area contributed by atoms with E-state index in [9.17, 15) is 10.1 Å². The molecule has 2 N–H and O–H groups in total. The van der Waals surface area contributed by atoms with E-state index in [4.69, 9.17) is 0 Å². The Labute approximate surface area is 145 Å². The van der Waals surface area contributed by atoms with Crippen molar-refractivity contribution in [3.8, 4) is 6.07 Å². The largest absolute Gasteiger partial charge is 0.351 e. The van der Waals surface area contributed by atoms with Gasteiger partial charge in [0.25, 0.3) is 0 Å². The van der Waals surface area contributed by atoms with Gasteiger partial charge in [0.05, 0.1) is 26.7 Å². The van der Waals surface area contributed by atoms with Crippen molar-refractivity contribution in [2.45, 2.75) is 27.3 Å². The van der Waals surface area contributed by atoms with Gasteiger partial charge in [0.15, 0.2) is 5.92 Å². The van der Waals surface area contributed by atoms with Crippen LogP contribution in [0.4, 0.5) is 0 Å². The molecule has 0 spiro atoms. The summed E-state index contributed by atoms with van der Waals surface area (Å²) in [5, 5.41) is 12.2. The van der Waals surface area contributed by atoms with Gasteiger partial charge < -0.3 is 10.2 Å². The van der Waals surface area contributed by atoms with Crippen molar-refractivity contribution in [2.24, 2.45) is 16.3 Å². The second-order valence-corrected chi connectivity index (χ2v) is 7.27. The van der Waals surface area contributed by atoms with Crippen LogP contribution < -0.4 is 10.2 Å². The first kappa shape index (κ1) is 19.9. The topological polar surface area (TPSA) is 69.7 Å². The number of nitriles is 1. The molecule has 24 heavy (non-hydrogen) atoms. The number of benzene rings is 1. The van der Waals surface area contributed by atoms with Crippen LogP contribution in [0.1, 0.15) is 26.3 Å². The molecule has 5 nitrogen and oxygen atoms in total. The number of amides is 1. The summed E-state index contributed by atoms with van der Waals surface area (Å²) < 4.78 is 0. The third kappa shape index (κ3) is 6.93. The molecule has 0 fully saturated rings. The molecule has 1 atom stereocenters. The Morgan fingerprint density at radius 1 is 1.33 bits per heavy atom. The molecule has 1 aromatic rings. The number of nitrogens with zero attached hydrogens (tertiary/aromatic N) is 2. The van der Waals surface area contributed by atoms with Crippen LogP contribution in [0.5, 0.6) is 0 Å². The molecule has 130 valence electrons. The minimum absolute atomic E-state index is 0.0284. The summed E-state index contributed by atoms with van der Waals surface area (Å²) in [5.41, 5.74) is 1.61. The van der Waals surface area contributed by atoms with Crippen LogP contribution in [0.25, 0.3) is 0 Å². The fourth-order valence-electron chi connectivity index (χ4n) is 2.67. The van der Waals surface area contributed by atoms with E-state index in [1.807, 2.05) is 30.3 Å². The lowest BCUT2D eigenvalue weighted by Crippen LogP contribution is -3.07. The quantitative estimate of drug-likeness (QED) is 0.701. The highest BCUT2D eigenvalue weighted by atomic mass is 16.1. The SMILES string of the molecule is CC(=NCC(C)(C)C[NH+](C)C)C(C#N)C(=O)NCc1ccccc1. The number of carbonyl (C=O) groups is 1. The van der Waals surface area contributed by atoms with Gasteiger partial charge in [-0.2, -0.15) is 5.26 Å². The van der Waals surface area contributed by atoms with Crippen molar-refractivity contribution in [2.75, 3.05) is 27.2 Å². The number of hydrogen-bond donors (Lipinski definition) is 2. The van der Waals surface area contributed by atoms with E-state index in [2.05, 4.69) is 44.3 Å². The molecule has 0 aliphatic heterocycles. The van der Waals surface area contributed by atoms with E-state index in [0.717, 1.165) is 12.1 Å². The molecule has 0 aromatic heterocycles. The lowest BCUT2D eigenvalue weighted by atomic mass is 9.93. The zero-order valence-electron chi connectivity index (χ0n) is 15.4. The number of hydrogen-bond acceptors (Lipinski definition) is 3.